The molecule has 41 heavy (non-hydrogen) atoms. The molecule has 216 valence electrons. The number of benzene rings is 1. The summed E-state index contributed by atoms with van der Waals surface area (Å²) in [5.74, 6) is 1.79. The predicted octanol–water partition coefficient (Wildman–Crippen LogP) is 4.53. The number of likely N-dealkylation sites (tertiary alicyclic amines) is 1. The number of hydrogen-bond donors (Lipinski definition) is 2. The molecule has 0 aliphatic carbocycles. The van der Waals surface area contributed by atoms with Gasteiger partial charge in [0, 0.05) is 57.2 Å². The van der Waals surface area contributed by atoms with E-state index in [1.165, 1.54) is 0 Å². The third-order valence-electron chi connectivity index (χ3n) is 7.89. The number of piperazine rings is 1. The van der Waals surface area contributed by atoms with E-state index in [2.05, 4.69) is 25.3 Å². The van der Waals surface area contributed by atoms with Crippen molar-refractivity contribution >= 4 is 35.1 Å². The molecular formula is C29H35ClN8O3. The maximum Gasteiger partial charge on any atom is 0.410 e. The van der Waals surface area contributed by atoms with Crippen molar-refractivity contribution < 1.29 is 14.6 Å². The second-order valence-corrected chi connectivity index (χ2v) is 12.2. The van der Waals surface area contributed by atoms with Crippen molar-refractivity contribution in [3.63, 3.8) is 0 Å². The first-order valence-corrected chi connectivity index (χ1v) is 14.4. The van der Waals surface area contributed by atoms with Crippen LogP contribution < -0.4 is 15.1 Å². The average molecular weight is 579 g/mol. The Balaban J connectivity index is 1.09. The number of piperidine rings is 1. The number of phenolic OH excluding ortho intramolecular Hbond substituents is 1. The van der Waals surface area contributed by atoms with Gasteiger partial charge in [-0.1, -0.05) is 17.7 Å². The average Bonchev–Trinajstić information content (AvgIpc) is 2.97. The first kappa shape index (κ1) is 27.3. The molecule has 0 spiro atoms. The summed E-state index contributed by atoms with van der Waals surface area (Å²) in [6.45, 7) is 10.0. The zero-order valence-electron chi connectivity index (χ0n) is 23.5. The fraction of sp³-hybridized carbons (Fsp3) is 0.483. The molecule has 5 heterocycles. The Morgan fingerprint density at radius 3 is 2.59 bits per heavy atom. The Hall–Kier alpha value is -3.86. The van der Waals surface area contributed by atoms with Crippen LogP contribution in [0.3, 0.4) is 0 Å². The highest BCUT2D eigenvalue weighted by molar-refractivity contribution is 6.32. The number of nitrogens with one attached hydrogen (secondary N) is 1. The van der Waals surface area contributed by atoms with Crippen LogP contribution in [0.5, 0.6) is 5.75 Å². The van der Waals surface area contributed by atoms with E-state index in [-0.39, 0.29) is 22.9 Å². The summed E-state index contributed by atoms with van der Waals surface area (Å²) in [6.07, 6.45) is 5.37. The molecule has 11 nitrogen and oxygen atoms in total. The van der Waals surface area contributed by atoms with Crippen LogP contribution in [0.15, 0.2) is 36.7 Å². The number of halogens is 1. The first-order valence-electron chi connectivity index (χ1n) is 14.1. The predicted molar refractivity (Wildman–Crippen MR) is 158 cm³/mol. The zero-order valence-corrected chi connectivity index (χ0v) is 24.3. The van der Waals surface area contributed by atoms with Gasteiger partial charge in [-0.15, -0.1) is 10.2 Å². The molecule has 0 saturated carbocycles. The number of aromatic nitrogens is 4. The van der Waals surface area contributed by atoms with E-state index in [9.17, 15) is 9.90 Å². The Bertz CT molecular complexity index is 1420. The molecule has 0 radical (unpaired) electrons. The van der Waals surface area contributed by atoms with Crippen LogP contribution in [0.1, 0.15) is 45.1 Å². The minimum Gasteiger partial charge on any atom is -0.506 e. The van der Waals surface area contributed by atoms with Gasteiger partial charge in [0.25, 0.3) is 0 Å². The highest BCUT2D eigenvalue weighted by atomic mass is 35.5. The van der Waals surface area contributed by atoms with Crippen LogP contribution in [0.4, 0.5) is 22.2 Å². The number of amides is 1. The molecule has 2 aromatic heterocycles. The standard InChI is InChI=1S/C29H35ClN8O3/c1-29(2,3)41-28(40)36-9-7-18(8-10-36)19-14-32-27(33-15-19)37-11-12-38-20(17-37)16-31-26-24(38)13-23(34-35-26)21-5-4-6-22(30)25(21)39/h4-6,13-15,18,20,39H,7-12,16-17H2,1-3H3,(H,31,35)/t20-/m0/s1. The van der Waals surface area contributed by atoms with Crippen molar-refractivity contribution in [2.75, 3.05) is 54.4 Å². The number of ether oxygens (including phenoxy) is 1. The van der Waals surface area contributed by atoms with Crippen molar-refractivity contribution in [3.8, 4) is 17.0 Å². The molecule has 1 amide bonds. The van der Waals surface area contributed by atoms with Gasteiger partial charge in [0.05, 0.1) is 22.4 Å². The van der Waals surface area contributed by atoms with Gasteiger partial charge in [-0.25, -0.2) is 14.8 Å². The maximum absolute atomic E-state index is 12.4. The Morgan fingerprint density at radius 1 is 1.10 bits per heavy atom. The number of hydrogen-bond acceptors (Lipinski definition) is 10. The van der Waals surface area contributed by atoms with Crippen molar-refractivity contribution in [2.24, 2.45) is 0 Å². The molecule has 1 aromatic carbocycles. The molecule has 12 heteroatoms. The summed E-state index contributed by atoms with van der Waals surface area (Å²) < 4.78 is 5.52. The van der Waals surface area contributed by atoms with Crippen molar-refractivity contribution in [1.29, 1.82) is 0 Å². The number of phenols is 1. The highest BCUT2D eigenvalue weighted by Gasteiger charge is 2.34. The third kappa shape index (κ3) is 5.68. The summed E-state index contributed by atoms with van der Waals surface area (Å²) in [5, 5.41) is 22.9. The van der Waals surface area contributed by atoms with Crippen molar-refractivity contribution in [3.05, 3.63) is 47.2 Å². The van der Waals surface area contributed by atoms with Gasteiger partial charge in [0.15, 0.2) is 5.82 Å². The molecule has 2 saturated heterocycles. The van der Waals surface area contributed by atoms with E-state index in [4.69, 9.17) is 26.3 Å². The number of aromatic hydroxyl groups is 1. The third-order valence-corrected chi connectivity index (χ3v) is 8.20. The lowest BCUT2D eigenvalue weighted by Gasteiger charge is -2.45. The first-order chi connectivity index (χ1) is 19.7. The monoisotopic (exact) mass is 578 g/mol. The largest absolute Gasteiger partial charge is 0.506 e. The summed E-state index contributed by atoms with van der Waals surface area (Å²) in [4.78, 5) is 28.2. The van der Waals surface area contributed by atoms with Gasteiger partial charge < -0.3 is 29.9 Å². The highest BCUT2D eigenvalue weighted by Crippen LogP contribution is 2.38. The van der Waals surface area contributed by atoms with Gasteiger partial charge in [0.2, 0.25) is 5.95 Å². The minimum absolute atomic E-state index is 0.00254. The van der Waals surface area contributed by atoms with E-state index < -0.39 is 5.60 Å². The number of rotatable bonds is 3. The van der Waals surface area contributed by atoms with Gasteiger partial charge in [-0.05, 0) is 63.3 Å². The van der Waals surface area contributed by atoms with Crippen molar-refractivity contribution in [2.45, 2.75) is 51.2 Å². The van der Waals surface area contributed by atoms with Gasteiger partial charge in [-0.3, -0.25) is 0 Å². The second kappa shape index (κ2) is 10.8. The fourth-order valence-corrected chi connectivity index (χ4v) is 5.93. The Kier molecular flexibility index (Phi) is 7.23. The Labute approximate surface area is 244 Å². The molecule has 2 N–H and O–H groups in total. The van der Waals surface area contributed by atoms with Crippen LogP contribution in [0.25, 0.3) is 11.3 Å². The van der Waals surface area contributed by atoms with E-state index in [0.29, 0.717) is 30.3 Å². The van der Waals surface area contributed by atoms with Crippen LogP contribution >= 0.6 is 11.6 Å². The van der Waals surface area contributed by atoms with Crippen LogP contribution in [-0.4, -0.2) is 87.2 Å². The zero-order chi connectivity index (χ0) is 28.7. The lowest BCUT2D eigenvalue weighted by Crippen LogP contribution is -2.58. The fourth-order valence-electron chi connectivity index (χ4n) is 5.75. The maximum atomic E-state index is 12.4. The number of fused-ring (bicyclic) bond motifs is 3. The molecule has 1 atom stereocenters. The lowest BCUT2D eigenvalue weighted by atomic mass is 9.91. The normalized spacial score (nSPS) is 19.3. The van der Waals surface area contributed by atoms with Crippen LogP contribution in [0, 0.1) is 0 Å². The number of carbonyl (C=O) groups is 1. The SMILES string of the molecule is CC(C)(C)OC(=O)N1CCC(c2cnc(N3CCN4c5cc(-c6cccc(Cl)c6O)nnc5NC[C@H]4C3)nc2)CC1. The summed E-state index contributed by atoms with van der Waals surface area (Å²) in [5.41, 5.74) is 2.71. The topological polar surface area (TPSA) is 120 Å². The second-order valence-electron chi connectivity index (χ2n) is 11.8. The summed E-state index contributed by atoms with van der Waals surface area (Å²) in [6, 6.07) is 7.38. The van der Waals surface area contributed by atoms with E-state index in [0.717, 1.165) is 62.0 Å². The minimum atomic E-state index is -0.488. The van der Waals surface area contributed by atoms with Gasteiger partial charge in [0.1, 0.15) is 11.4 Å². The molecule has 3 aliphatic rings. The Morgan fingerprint density at radius 2 is 1.85 bits per heavy atom. The van der Waals surface area contributed by atoms with Gasteiger partial charge in [-0.2, -0.15) is 0 Å². The molecule has 3 aliphatic heterocycles. The molecular weight excluding hydrogens is 544 g/mol. The number of nitrogens with zero attached hydrogens (tertiary/aromatic N) is 7. The molecule has 3 aromatic rings. The van der Waals surface area contributed by atoms with Crippen molar-refractivity contribution in [1.82, 2.24) is 25.1 Å². The molecule has 6 rings (SSSR count). The number of carbonyl (C=O) groups excluding carboxylic acids is 1. The van der Waals surface area contributed by atoms with E-state index in [1.807, 2.05) is 39.2 Å². The molecule has 0 bridgehead atoms. The summed E-state index contributed by atoms with van der Waals surface area (Å²) >= 11 is 6.12. The quantitative estimate of drug-likeness (QED) is 0.459. The van der Waals surface area contributed by atoms with Gasteiger partial charge >= 0.3 is 6.09 Å². The molecule has 2 fully saturated rings. The van der Waals surface area contributed by atoms with Crippen LogP contribution in [-0.2, 0) is 4.74 Å². The summed E-state index contributed by atoms with van der Waals surface area (Å²) in [7, 11) is 0. The van der Waals surface area contributed by atoms with E-state index >= 15 is 0 Å². The lowest BCUT2D eigenvalue weighted by molar-refractivity contribution is 0.0204. The number of anilines is 3. The number of para-hydroxylation sites is 1. The van der Waals surface area contributed by atoms with E-state index in [1.54, 1.807) is 23.1 Å². The van der Waals surface area contributed by atoms with Crippen LogP contribution in [0.2, 0.25) is 5.02 Å². The smallest absolute Gasteiger partial charge is 0.410 e. The molecule has 0 unspecified atom stereocenters.